The zero-order chi connectivity index (χ0) is 34.2. The van der Waals surface area contributed by atoms with Crippen molar-refractivity contribution in [3.63, 3.8) is 0 Å². The summed E-state index contributed by atoms with van der Waals surface area (Å²) in [5.41, 5.74) is 3.81. The van der Waals surface area contributed by atoms with E-state index in [-0.39, 0.29) is 49.3 Å². The number of benzene rings is 3. The van der Waals surface area contributed by atoms with Gasteiger partial charge in [0, 0.05) is 81.7 Å². The second-order valence-electron chi connectivity index (χ2n) is 12.5. The molecule has 0 saturated carbocycles. The highest BCUT2D eigenvalue weighted by Gasteiger charge is 2.36. The minimum absolute atomic E-state index is 0.0256. The number of carbonyl (C=O) groups excluding carboxylic acids is 5. The normalized spacial score (nSPS) is 16.9. The van der Waals surface area contributed by atoms with E-state index >= 15 is 0 Å². The average molecular weight is 672 g/mol. The number of aryl methyl sites for hydroxylation is 1. The maximum atomic E-state index is 14.1. The van der Waals surface area contributed by atoms with Gasteiger partial charge in [0.15, 0.2) is 5.78 Å². The smallest absolute Gasteiger partial charge is 0.246 e. The Labute approximate surface area is 286 Å². The molecule has 0 aromatic heterocycles. The van der Waals surface area contributed by atoms with Gasteiger partial charge in [0.2, 0.25) is 23.6 Å². The predicted octanol–water partition coefficient (Wildman–Crippen LogP) is 4.24. The first-order chi connectivity index (χ1) is 23.1. The number of anilines is 1. The number of nitrogens with one attached hydrogen (secondary N) is 2. The van der Waals surface area contributed by atoms with Crippen LogP contribution in [-0.4, -0.2) is 88.9 Å². The number of ketones is 1. The molecule has 0 spiro atoms. The summed E-state index contributed by atoms with van der Waals surface area (Å²) < 4.78 is 0. The number of amides is 4. The van der Waals surface area contributed by atoms with Crippen LogP contribution in [0.5, 0.6) is 0 Å². The molecule has 0 radical (unpaired) electrons. The molecule has 2 heterocycles. The summed E-state index contributed by atoms with van der Waals surface area (Å²) in [7, 11) is 0. The van der Waals surface area contributed by atoms with Gasteiger partial charge in [-0.3, -0.25) is 28.9 Å². The molecule has 4 amide bonds. The lowest BCUT2D eigenvalue weighted by Crippen LogP contribution is -2.56. The van der Waals surface area contributed by atoms with Gasteiger partial charge in [0.1, 0.15) is 12.1 Å². The van der Waals surface area contributed by atoms with E-state index in [4.69, 9.17) is 11.6 Å². The summed E-state index contributed by atoms with van der Waals surface area (Å²) in [4.78, 5) is 71.6. The molecule has 10 nitrogen and oxygen atoms in total. The molecule has 0 aliphatic carbocycles. The van der Waals surface area contributed by atoms with Crippen LogP contribution in [0.25, 0.3) is 0 Å². The molecule has 252 valence electrons. The van der Waals surface area contributed by atoms with Crippen molar-refractivity contribution >= 4 is 46.7 Å². The number of Topliss-reactive ketones (excluding diaryl/α,β-unsaturated/α-hetero) is 1. The molecule has 0 bridgehead atoms. The molecule has 5 rings (SSSR count). The molecular formula is C37H42ClN5O5. The monoisotopic (exact) mass is 671 g/mol. The van der Waals surface area contributed by atoms with Gasteiger partial charge in [-0.1, -0.05) is 66.2 Å². The molecular weight excluding hydrogens is 630 g/mol. The van der Waals surface area contributed by atoms with Crippen LogP contribution in [0, 0.1) is 6.92 Å². The fourth-order valence-electron chi connectivity index (χ4n) is 6.24. The number of hydrogen-bond acceptors (Lipinski definition) is 6. The van der Waals surface area contributed by atoms with Crippen molar-refractivity contribution in [1.82, 2.24) is 20.0 Å². The summed E-state index contributed by atoms with van der Waals surface area (Å²) in [5.74, 6) is -1.21. The topological polar surface area (TPSA) is 119 Å². The van der Waals surface area contributed by atoms with Crippen LogP contribution < -0.4 is 10.6 Å². The van der Waals surface area contributed by atoms with Gasteiger partial charge in [-0.2, -0.15) is 0 Å². The molecule has 11 heteroatoms. The van der Waals surface area contributed by atoms with Gasteiger partial charge >= 0.3 is 0 Å². The van der Waals surface area contributed by atoms with E-state index in [0.717, 1.165) is 16.7 Å². The zero-order valence-corrected chi connectivity index (χ0v) is 28.2. The van der Waals surface area contributed by atoms with Gasteiger partial charge in [-0.15, -0.1) is 0 Å². The molecule has 3 aromatic rings. The first kappa shape index (κ1) is 34.8. The van der Waals surface area contributed by atoms with Gasteiger partial charge in [0.25, 0.3) is 0 Å². The van der Waals surface area contributed by atoms with E-state index in [2.05, 4.69) is 15.5 Å². The summed E-state index contributed by atoms with van der Waals surface area (Å²) in [6.07, 6.45) is 0.606. The lowest BCUT2D eigenvalue weighted by atomic mass is 9.92. The van der Waals surface area contributed by atoms with E-state index < -0.39 is 18.0 Å². The Balaban J connectivity index is 1.32. The SMILES string of the molecule is CC(=O)N1CCN(CCC(NC(=O)[C@@H]2Cc3ccccc3CN2C(=O)CCC(=O)c2ccccc2)C(=O)Nc2ccc(Cl)c(C)c2)CC1. The third-order valence-electron chi connectivity index (χ3n) is 9.14. The Morgan fingerprint density at radius 2 is 1.56 bits per heavy atom. The second kappa shape index (κ2) is 16.0. The van der Waals surface area contributed by atoms with Crippen molar-refractivity contribution in [2.24, 2.45) is 0 Å². The van der Waals surface area contributed by atoms with E-state index in [1.807, 2.05) is 37.3 Å². The van der Waals surface area contributed by atoms with E-state index in [0.29, 0.717) is 55.4 Å². The van der Waals surface area contributed by atoms with E-state index in [1.165, 1.54) is 4.90 Å². The van der Waals surface area contributed by atoms with E-state index in [9.17, 15) is 24.0 Å². The fraction of sp³-hybridized carbons (Fsp3) is 0.378. The van der Waals surface area contributed by atoms with Gasteiger partial charge in [-0.25, -0.2) is 0 Å². The van der Waals surface area contributed by atoms with Crippen molar-refractivity contribution in [3.05, 3.63) is 100 Å². The molecule has 1 fully saturated rings. The third-order valence-corrected chi connectivity index (χ3v) is 9.57. The molecule has 2 N–H and O–H groups in total. The number of piperazine rings is 1. The lowest BCUT2D eigenvalue weighted by molar-refractivity contribution is -0.142. The Hall–Kier alpha value is -4.54. The van der Waals surface area contributed by atoms with Gasteiger partial charge < -0.3 is 20.4 Å². The number of hydrogen-bond donors (Lipinski definition) is 2. The zero-order valence-electron chi connectivity index (χ0n) is 27.4. The van der Waals surface area contributed by atoms with Crippen LogP contribution in [0.3, 0.4) is 0 Å². The molecule has 2 aliphatic heterocycles. The second-order valence-corrected chi connectivity index (χ2v) is 12.9. The first-order valence-electron chi connectivity index (χ1n) is 16.4. The van der Waals surface area contributed by atoms with Crippen LogP contribution >= 0.6 is 11.6 Å². The summed E-state index contributed by atoms with van der Waals surface area (Å²) >= 11 is 6.20. The first-order valence-corrected chi connectivity index (χ1v) is 16.8. The van der Waals surface area contributed by atoms with Crippen LogP contribution in [0.4, 0.5) is 5.69 Å². The fourth-order valence-corrected chi connectivity index (χ4v) is 6.36. The van der Waals surface area contributed by atoms with Crippen LogP contribution in [0.2, 0.25) is 5.02 Å². The highest BCUT2D eigenvalue weighted by Crippen LogP contribution is 2.25. The largest absolute Gasteiger partial charge is 0.342 e. The quantitative estimate of drug-likeness (QED) is 0.295. The molecule has 1 unspecified atom stereocenters. The minimum atomic E-state index is -0.895. The lowest BCUT2D eigenvalue weighted by Gasteiger charge is -2.37. The average Bonchev–Trinajstić information content (AvgIpc) is 3.10. The van der Waals surface area contributed by atoms with Crippen molar-refractivity contribution in [2.45, 2.75) is 58.2 Å². The number of fused-ring (bicyclic) bond motifs is 1. The van der Waals surface area contributed by atoms with Gasteiger partial charge in [-0.05, 0) is 48.2 Å². The number of carbonyl (C=O) groups is 5. The van der Waals surface area contributed by atoms with Crippen LogP contribution in [0.1, 0.15) is 53.2 Å². The van der Waals surface area contributed by atoms with Crippen molar-refractivity contribution in [3.8, 4) is 0 Å². The molecule has 2 atom stereocenters. The highest BCUT2D eigenvalue weighted by molar-refractivity contribution is 6.31. The number of rotatable bonds is 11. The molecule has 48 heavy (non-hydrogen) atoms. The van der Waals surface area contributed by atoms with Crippen molar-refractivity contribution < 1.29 is 24.0 Å². The standard InChI is InChI=1S/C37H42ClN5O5/c1-25-22-30(12-13-31(25)38)39-36(47)32(16-17-41-18-20-42(21-19-41)26(2)44)40-37(48)33-23-28-10-6-7-11-29(28)24-43(33)35(46)15-14-34(45)27-8-4-3-5-9-27/h3-13,22,32-33H,14-21,23-24H2,1-2H3,(H,39,47)(H,40,48)/t32?,33-/m0/s1. The highest BCUT2D eigenvalue weighted by atomic mass is 35.5. The number of nitrogens with zero attached hydrogens (tertiary/aromatic N) is 3. The van der Waals surface area contributed by atoms with Gasteiger partial charge in [0.05, 0.1) is 0 Å². The number of halogens is 1. The molecule has 2 aliphatic rings. The van der Waals surface area contributed by atoms with Crippen molar-refractivity contribution in [1.29, 1.82) is 0 Å². The Morgan fingerprint density at radius 1 is 0.875 bits per heavy atom. The third kappa shape index (κ3) is 8.87. The Morgan fingerprint density at radius 3 is 2.25 bits per heavy atom. The minimum Gasteiger partial charge on any atom is -0.342 e. The van der Waals surface area contributed by atoms with Crippen molar-refractivity contribution in [2.75, 3.05) is 38.0 Å². The molecule has 1 saturated heterocycles. The van der Waals surface area contributed by atoms with Crippen LogP contribution in [0.15, 0.2) is 72.8 Å². The Bertz CT molecular complexity index is 1660. The Kier molecular flexibility index (Phi) is 11.6. The van der Waals surface area contributed by atoms with Crippen LogP contribution in [-0.2, 0) is 32.1 Å². The summed E-state index contributed by atoms with van der Waals surface area (Å²) in [6.45, 7) is 6.71. The van der Waals surface area contributed by atoms with E-state index in [1.54, 1.807) is 54.3 Å². The summed E-state index contributed by atoms with van der Waals surface area (Å²) in [5, 5.41) is 6.48. The maximum absolute atomic E-state index is 14.1. The summed E-state index contributed by atoms with van der Waals surface area (Å²) in [6, 6.07) is 20.0. The predicted molar refractivity (Wildman–Crippen MR) is 185 cm³/mol. The molecule has 3 aromatic carbocycles. The maximum Gasteiger partial charge on any atom is 0.246 e.